The van der Waals surface area contributed by atoms with E-state index >= 15 is 0 Å². The molecule has 2 aromatic rings. The van der Waals surface area contributed by atoms with Crippen LogP contribution in [0.4, 0.5) is 0 Å². The summed E-state index contributed by atoms with van der Waals surface area (Å²) in [5.74, 6) is 0.602. The Morgan fingerprint density at radius 3 is 2.70 bits per heavy atom. The Morgan fingerprint density at radius 2 is 1.96 bits per heavy atom. The summed E-state index contributed by atoms with van der Waals surface area (Å²) in [5.41, 5.74) is 5.69. The summed E-state index contributed by atoms with van der Waals surface area (Å²) in [7, 11) is 0. The third-order valence-electron chi connectivity index (χ3n) is 3.66. The average molecular weight is 337 g/mol. The van der Waals surface area contributed by atoms with Crippen molar-refractivity contribution < 1.29 is 9.53 Å². The number of hydrogen-bond donors (Lipinski definition) is 2. The highest BCUT2D eigenvalue weighted by Gasteiger charge is 2.11. The summed E-state index contributed by atoms with van der Waals surface area (Å²) >= 11 is 0. The normalized spacial score (nSPS) is 11.6. The smallest absolute Gasteiger partial charge is 0.258 e. The topological polar surface area (TPSA) is 64.3 Å². The number of benzene rings is 2. The van der Waals surface area contributed by atoms with Gasteiger partial charge in [0.2, 0.25) is 0 Å². The molecule has 0 spiro atoms. The summed E-state index contributed by atoms with van der Waals surface area (Å²) in [6.07, 6.45) is 3.07. The van der Waals surface area contributed by atoms with Crippen LogP contribution in [0.1, 0.15) is 26.2 Å². The molecule has 0 aliphatic carbocycles. The highest BCUT2D eigenvalue weighted by Crippen LogP contribution is 2.24. The van der Waals surface area contributed by atoms with Crippen molar-refractivity contribution in [1.29, 1.82) is 0 Å². The lowest BCUT2D eigenvalue weighted by Gasteiger charge is -2.17. The summed E-state index contributed by atoms with van der Waals surface area (Å²) in [6, 6.07) is 13.8. The Labute approximate surface area is 143 Å². The van der Waals surface area contributed by atoms with Gasteiger partial charge in [-0.3, -0.25) is 4.79 Å². The first-order valence-electron chi connectivity index (χ1n) is 7.84. The van der Waals surface area contributed by atoms with Gasteiger partial charge in [0.15, 0.2) is 6.61 Å². The first-order valence-corrected chi connectivity index (χ1v) is 7.84. The van der Waals surface area contributed by atoms with E-state index in [-0.39, 0.29) is 31.0 Å². The van der Waals surface area contributed by atoms with Crippen molar-refractivity contribution in [1.82, 2.24) is 5.32 Å². The van der Waals surface area contributed by atoms with Crippen LogP contribution in [0.5, 0.6) is 5.75 Å². The maximum Gasteiger partial charge on any atom is 0.258 e. The maximum absolute atomic E-state index is 12.0. The Kier molecular flexibility index (Phi) is 8.45. The van der Waals surface area contributed by atoms with Gasteiger partial charge >= 0.3 is 0 Å². The van der Waals surface area contributed by atoms with Crippen molar-refractivity contribution in [2.45, 2.75) is 32.2 Å². The molecule has 2 rings (SSSR count). The summed E-state index contributed by atoms with van der Waals surface area (Å²) in [6.45, 7) is 2.59. The fourth-order valence-corrected chi connectivity index (χ4v) is 2.43. The van der Waals surface area contributed by atoms with E-state index in [0.717, 1.165) is 35.8 Å². The number of nitrogens with two attached hydrogens (primary N) is 1. The van der Waals surface area contributed by atoms with E-state index in [2.05, 4.69) is 12.2 Å². The molecule has 2 aromatic carbocycles. The Balaban J connectivity index is 0.00000264. The molecule has 0 heterocycles. The Morgan fingerprint density at radius 1 is 1.22 bits per heavy atom. The van der Waals surface area contributed by atoms with Crippen molar-refractivity contribution in [2.24, 2.45) is 5.73 Å². The molecular formula is C18H25ClN2O2. The first kappa shape index (κ1) is 19.3. The third-order valence-corrected chi connectivity index (χ3v) is 3.66. The highest BCUT2D eigenvalue weighted by molar-refractivity contribution is 5.88. The third kappa shape index (κ3) is 5.73. The molecule has 0 saturated heterocycles. The predicted octanol–water partition coefficient (Wildman–Crippen LogP) is 3.27. The second-order valence-corrected chi connectivity index (χ2v) is 5.41. The molecule has 1 amide bonds. The van der Waals surface area contributed by atoms with Crippen LogP contribution in [-0.4, -0.2) is 25.1 Å². The molecule has 0 fully saturated rings. The van der Waals surface area contributed by atoms with Crippen molar-refractivity contribution >= 4 is 29.1 Å². The van der Waals surface area contributed by atoms with Crippen molar-refractivity contribution in [3.8, 4) is 5.75 Å². The molecule has 5 heteroatoms. The van der Waals surface area contributed by atoms with Crippen LogP contribution < -0.4 is 15.8 Å². The van der Waals surface area contributed by atoms with E-state index in [4.69, 9.17) is 10.5 Å². The van der Waals surface area contributed by atoms with Gasteiger partial charge in [-0.15, -0.1) is 12.4 Å². The average Bonchev–Trinajstić information content (AvgIpc) is 2.56. The molecule has 0 aromatic heterocycles. The zero-order chi connectivity index (χ0) is 15.8. The van der Waals surface area contributed by atoms with Crippen molar-refractivity contribution in [3.05, 3.63) is 42.5 Å². The van der Waals surface area contributed by atoms with Crippen LogP contribution in [0.15, 0.2) is 42.5 Å². The lowest BCUT2D eigenvalue weighted by molar-refractivity contribution is -0.123. The van der Waals surface area contributed by atoms with Crippen LogP contribution in [0, 0.1) is 0 Å². The minimum Gasteiger partial charge on any atom is -0.483 e. The van der Waals surface area contributed by atoms with Gasteiger partial charge in [-0.1, -0.05) is 56.2 Å². The van der Waals surface area contributed by atoms with Gasteiger partial charge < -0.3 is 15.8 Å². The van der Waals surface area contributed by atoms with E-state index in [1.54, 1.807) is 0 Å². The van der Waals surface area contributed by atoms with Crippen LogP contribution >= 0.6 is 12.4 Å². The van der Waals surface area contributed by atoms with Gasteiger partial charge in [0.05, 0.1) is 0 Å². The molecule has 23 heavy (non-hydrogen) atoms. The number of fused-ring (bicyclic) bond motifs is 1. The molecular weight excluding hydrogens is 312 g/mol. The summed E-state index contributed by atoms with van der Waals surface area (Å²) in [4.78, 5) is 12.0. The lowest BCUT2D eigenvalue weighted by atomic mass is 10.1. The largest absolute Gasteiger partial charge is 0.483 e. The minimum absolute atomic E-state index is 0. The predicted molar refractivity (Wildman–Crippen MR) is 97.2 cm³/mol. The van der Waals surface area contributed by atoms with Crippen LogP contribution in [0.3, 0.4) is 0 Å². The molecule has 3 N–H and O–H groups in total. The van der Waals surface area contributed by atoms with E-state index < -0.39 is 0 Å². The number of unbranched alkanes of at least 4 members (excludes halogenated alkanes) is 1. The zero-order valence-corrected chi connectivity index (χ0v) is 14.3. The first-order chi connectivity index (χ1) is 10.7. The van der Waals surface area contributed by atoms with Crippen molar-refractivity contribution in [2.75, 3.05) is 13.2 Å². The van der Waals surface area contributed by atoms with Crippen LogP contribution in [-0.2, 0) is 4.79 Å². The second-order valence-electron chi connectivity index (χ2n) is 5.41. The number of nitrogens with one attached hydrogen (secondary N) is 1. The molecule has 1 unspecified atom stereocenters. The molecule has 126 valence electrons. The minimum atomic E-state index is -0.125. The number of halogens is 1. The molecule has 4 nitrogen and oxygen atoms in total. The Hall–Kier alpha value is -1.78. The monoisotopic (exact) mass is 336 g/mol. The number of amides is 1. The number of carbonyl (C=O) groups excluding carboxylic acids is 1. The Bertz CT molecular complexity index is 613. The van der Waals surface area contributed by atoms with Gasteiger partial charge in [0, 0.05) is 18.0 Å². The van der Waals surface area contributed by atoms with Gasteiger partial charge in [0.25, 0.3) is 5.91 Å². The van der Waals surface area contributed by atoms with Crippen LogP contribution in [0.2, 0.25) is 0 Å². The SMILES string of the molecule is CCCCC(CN)NC(=O)COc1cccc2ccccc12.Cl. The quantitative estimate of drug-likeness (QED) is 0.777. The fraction of sp³-hybridized carbons (Fsp3) is 0.389. The maximum atomic E-state index is 12.0. The molecule has 0 bridgehead atoms. The highest BCUT2D eigenvalue weighted by atomic mass is 35.5. The summed E-state index contributed by atoms with van der Waals surface area (Å²) < 4.78 is 5.68. The van der Waals surface area contributed by atoms with E-state index in [0.29, 0.717) is 6.54 Å². The standard InChI is InChI=1S/C18H24N2O2.ClH/c1-2-3-9-15(12-19)20-18(21)13-22-17-11-6-8-14-7-4-5-10-16(14)17;/h4-8,10-11,15H,2-3,9,12-13,19H2,1H3,(H,20,21);1H. The van der Waals surface area contributed by atoms with E-state index in [1.807, 2.05) is 42.5 Å². The number of rotatable bonds is 8. The van der Waals surface area contributed by atoms with Gasteiger partial charge in [-0.25, -0.2) is 0 Å². The molecule has 0 aliphatic heterocycles. The number of ether oxygens (including phenoxy) is 1. The summed E-state index contributed by atoms with van der Waals surface area (Å²) in [5, 5.41) is 5.04. The molecule has 0 radical (unpaired) electrons. The lowest BCUT2D eigenvalue weighted by Crippen LogP contribution is -2.42. The van der Waals surface area contributed by atoms with Crippen molar-refractivity contribution in [3.63, 3.8) is 0 Å². The van der Waals surface area contributed by atoms with Gasteiger partial charge in [-0.05, 0) is 17.9 Å². The zero-order valence-electron chi connectivity index (χ0n) is 13.5. The van der Waals surface area contributed by atoms with Gasteiger partial charge in [-0.2, -0.15) is 0 Å². The molecule has 0 aliphatic rings. The molecule has 0 saturated carbocycles. The molecule has 1 atom stereocenters. The number of hydrogen-bond acceptors (Lipinski definition) is 3. The number of carbonyl (C=O) groups is 1. The van der Waals surface area contributed by atoms with Crippen LogP contribution in [0.25, 0.3) is 10.8 Å². The van der Waals surface area contributed by atoms with E-state index in [1.165, 1.54) is 0 Å². The van der Waals surface area contributed by atoms with Gasteiger partial charge in [0.1, 0.15) is 5.75 Å². The van der Waals surface area contributed by atoms with E-state index in [9.17, 15) is 4.79 Å². The second kappa shape index (κ2) is 10.1. The fourth-order valence-electron chi connectivity index (χ4n) is 2.43.